The highest BCUT2D eigenvalue weighted by Crippen LogP contribution is 2.38. The molecule has 0 spiro atoms. The molecule has 0 unspecified atom stereocenters. The zero-order valence-electron chi connectivity index (χ0n) is 10.9. The molecule has 1 aliphatic rings. The van der Waals surface area contributed by atoms with Crippen LogP contribution in [0.4, 0.5) is 0 Å². The topological polar surface area (TPSA) is 94.3 Å². The van der Waals surface area contributed by atoms with Crippen LogP contribution in [0.25, 0.3) is 11.5 Å². The summed E-state index contributed by atoms with van der Waals surface area (Å²) >= 11 is 0. The van der Waals surface area contributed by atoms with Crippen LogP contribution in [0, 0.1) is 0 Å². The van der Waals surface area contributed by atoms with Gasteiger partial charge in [-0.3, -0.25) is 9.89 Å². The summed E-state index contributed by atoms with van der Waals surface area (Å²) in [7, 11) is 0. The van der Waals surface area contributed by atoms with Gasteiger partial charge in [-0.15, -0.1) is 17.5 Å². The maximum absolute atomic E-state index is 12.3. The summed E-state index contributed by atoms with van der Waals surface area (Å²) < 4.78 is 2.79. The second-order valence-corrected chi connectivity index (χ2v) is 4.72. The van der Waals surface area contributed by atoms with Crippen LogP contribution in [0.1, 0.15) is 24.5 Å². The summed E-state index contributed by atoms with van der Waals surface area (Å²) in [6.07, 6.45) is 8.51. The highest BCUT2D eigenvalue weighted by Gasteiger charge is 2.25. The number of aromatic nitrogens is 7. The highest BCUT2D eigenvalue weighted by atomic mass is 35.5. The smallest absolute Gasteiger partial charge is 0.295 e. The highest BCUT2D eigenvalue weighted by molar-refractivity contribution is 5.85. The van der Waals surface area contributed by atoms with Crippen molar-refractivity contribution in [1.29, 1.82) is 0 Å². The van der Waals surface area contributed by atoms with Crippen molar-refractivity contribution in [2.75, 3.05) is 0 Å². The fourth-order valence-electron chi connectivity index (χ4n) is 2.12. The Bertz CT molecular complexity index is 803. The third-order valence-corrected chi connectivity index (χ3v) is 3.32. The first kappa shape index (κ1) is 13.5. The van der Waals surface area contributed by atoms with Gasteiger partial charge in [0.05, 0.1) is 18.6 Å². The van der Waals surface area contributed by atoms with Gasteiger partial charge in [0.25, 0.3) is 5.56 Å². The van der Waals surface area contributed by atoms with E-state index in [1.54, 1.807) is 12.4 Å². The van der Waals surface area contributed by atoms with E-state index in [2.05, 4.69) is 25.4 Å². The number of aromatic amines is 1. The predicted octanol–water partition coefficient (Wildman–Crippen LogP) is 0.835. The minimum atomic E-state index is -0.226. The maximum Gasteiger partial charge on any atom is 0.298 e. The van der Waals surface area contributed by atoms with Crippen LogP contribution in [0.5, 0.6) is 0 Å². The molecule has 1 fully saturated rings. The summed E-state index contributed by atoms with van der Waals surface area (Å²) in [6.45, 7) is 0. The molecule has 0 saturated heterocycles. The monoisotopic (exact) mass is 305 g/mol. The fraction of sp³-hybridized carbons (Fsp3) is 0.250. The molecule has 1 aliphatic carbocycles. The minimum absolute atomic E-state index is 0. The number of nitrogens with zero attached hydrogens (tertiary/aromatic N) is 6. The van der Waals surface area contributed by atoms with Crippen LogP contribution in [0.15, 0.2) is 35.8 Å². The van der Waals surface area contributed by atoms with Crippen molar-refractivity contribution in [2.45, 2.75) is 18.8 Å². The van der Waals surface area contributed by atoms with E-state index in [0.29, 0.717) is 17.4 Å². The molecule has 21 heavy (non-hydrogen) atoms. The van der Waals surface area contributed by atoms with Crippen molar-refractivity contribution in [1.82, 2.24) is 34.7 Å². The Labute approximate surface area is 125 Å². The minimum Gasteiger partial charge on any atom is -0.295 e. The van der Waals surface area contributed by atoms with Crippen molar-refractivity contribution in [2.24, 2.45) is 0 Å². The Hall–Kier alpha value is -2.48. The zero-order valence-corrected chi connectivity index (χ0v) is 11.7. The number of rotatable bonds is 3. The van der Waals surface area contributed by atoms with Crippen LogP contribution < -0.4 is 5.56 Å². The van der Waals surface area contributed by atoms with Gasteiger partial charge in [0.15, 0.2) is 11.5 Å². The quantitative estimate of drug-likeness (QED) is 0.773. The van der Waals surface area contributed by atoms with Crippen molar-refractivity contribution in [3.63, 3.8) is 0 Å². The number of H-pyrrole nitrogens is 1. The van der Waals surface area contributed by atoms with Gasteiger partial charge in [-0.1, -0.05) is 5.21 Å². The average molecular weight is 306 g/mol. The lowest BCUT2D eigenvalue weighted by Crippen LogP contribution is -2.19. The molecule has 9 heteroatoms. The van der Waals surface area contributed by atoms with Gasteiger partial charge in [-0.05, 0) is 12.8 Å². The van der Waals surface area contributed by atoms with Crippen LogP contribution in [-0.4, -0.2) is 34.7 Å². The van der Waals surface area contributed by atoms with E-state index >= 15 is 0 Å². The lowest BCUT2D eigenvalue weighted by Gasteiger charge is -2.02. The molecule has 0 amide bonds. The third kappa shape index (κ3) is 2.33. The SMILES string of the molecule is Cl.O=c1c(-n2ccnn2)c[nH]n1-c1cc(C2CC2)ncn1. The molecule has 0 aliphatic heterocycles. The molecule has 0 aromatic carbocycles. The number of hydrogen-bond donors (Lipinski definition) is 1. The van der Waals surface area contributed by atoms with Crippen LogP contribution >= 0.6 is 12.4 Å². The molecule has 1 N–H and O–H groups in total. The Morgan fingerprint density at radius 3 is 2.86 bits per heavy atom. The van der Waals surface area contributed by atoms with Gasteiger partial charge < -0.3 is 0 Å². The largest absolute Gasteiger partial charge is 0.298 e. The summed E-state index contributed by atoms with van der Waals surface area (Å²) in [4.78, 5) is 20.7. The molecule has 3 heterocycles. The molecule has 0 bridgehead atoms. The standard InChI is InChI=1S/C12H11N7O.ClH/c20-12-10(18-4-3-15-17-18)6-16-19(12)11-5-9(8-1-2-8)13-7-14-11;/h3-8,16H,1-2H2;1H. The molecule has 0 radical (unpaired) electrons. The first-order valence-corrected chi connectivity index (χ1v) is 6.32. The second kappa shape index (κ2) is 5.13. The summed E-state index contributed by atoms with van der Waals surface area (Å²) in [5.74, 6) is 1.05. The molecule has 0 atom stereocenters. The predicted molar refractivity (Wildman–Crippen MR) is 76.1 cm³/mol. The van der Waals surface area contributed by atoms with Crippen molar-refractivity contribution in [3.05, 3.63) is 47.0 Å². The van der Waals surface area contributed by atoms with Gasteiger partial charge in [0.2, 0.25) is 0 Å². The Morgan fingerprint density at radius 2 is 2.14 bits per heavy atom. The van der Waals surface area contributed by atoms with Crippen LogP contribution in [0.3, 0.4) is 0 Å². The molecule has 1 saturated carbocycles. The number of halogens is 1. The third-order valence-electron chi connectivity index (χ3n) is 3.32. The van der Waals surface area contributed by atoms with Crippen LogP contribution in [0.2, 0.25) is 0 Å². The molecule has 4 rings (SSSR count). The Morgan fingerprint density at radius 1 is 1.29 bits per heavy atom. The Kier molecular flexibility index (Phi) is 3.30. The summed E-state index contributed by atoms with van der Waals surface area (Å²) in [5, 5.41) is 10.4. The summed E-state index contributed by atoms with van der Waals surface area (Å²) in [5.41, 5.74) is 1.16. The fourth-order valence-corrected chi connectivity index (χ4v) is 2.12. The lowest BCUT2D eigenvalue weighted by molar-refractivity contribution is 0.781. The van der Waals surface area contributed by atoms with E-state index in [4.69, 9.17) is 0 Å². The van der Waals surface area contributed by atoms with Gasteiger partial charge in [0.1, 0.15) is 6.33 Å². The molecular weight excluding hydrogens is 294 g/mol. The number of hydrogen-bond acceptors (Lipinski definition) is 5. The lowest BCUT2D eigenvalue weighted by atomic mass is 10.3. The van der Waals surface area contributed by atoms with Crippen molar-refractivity contribution >= 4 is 12.4 Å². The van der Waals surface area contributed by atoms with E-state index in [-0.39, 0.29) is 18.0 Å². The summed E-state index contributed by atoms with van der Waals surface area (Å²) in [6, 6.07) is 1.85. The van der Waals surface area contributed by atoms with E-state index in [1.807, 2.05) is 6.07 Å². The zero-order chi connectivity index (χ0) is 13.5. The molecule has 108 valence electrons. The molecule has 3 aromatic rings. The van der Waals surface area contributed by atoms with E-state index in [0.717, 1.165) is 18.5 Å². The normalized spacial score (nSPS) is 13.9. The Balaban J connectivity index is 0.00000132. The van der Waals surface area contributed by atoms with Gasteiger partial charge in [-0.25, -0.2) is 14.6 Å². The van der Waals surface area contributed by atoms with Crippen molar-refractivity contribution in [3.8, 4) is 11.5 Å². The van der Waals surface area contributed by atoms with E-state index in [1.165, 1.54) is 21.9 Å². The first-order chi connectivity index (χ1) is 9.83. The molecule has 3 aromatic heterocycles. The van der Waals surface area contributed by atoms with Gasteiger partial charge in [0, 0.05) is 17.7 Å². The van der Waals surface area contributed by atoms with Gasteiger partial charge in [-0.2, -0.15) is 4.68 Å². The van der Waals surface area contributed by atoms with Crippen LogP contribution in [-0.2, 0) is 0 Å². The molecular formula is C12H12ClN7O. The van der Waals surface area contributed by atoms with Crippen molar-refractivity contribution < 1.29 is 0 Å². The molecule has 8 nitrogen and oxygen atoms in total. The number of nitrogens with one attached hydrogen (secondary N) is 1. The van der Waals surface area contributed by atoms with E-state index < -0.39 is 0 Å². The second-order valence-electron chi connectivity index (χ2n) is 4.72. The maximum atomic E-state index is 12.3. The van der Waals surface area contributed by atoms with Gasteiger partial charge >= 0.3 is 0 Å². The van der Waals surface area contributed by atoms with E-state index in [9.17, 15) is 4.79 Å². The average Bonchev–Trinajstić information content (AvgIpc) is 3.05. The first-order valence-electron chi connectivity index (χ1n) is 6.32.